The molecule has 0 aliphatic rings. The van der Waals surface area contributed by atoms with Gasteiger partial charge in [-0.3, -0.25) is 0 Å². The molecule has 1 rings (SSSR count). The van der Waals surface area contributed by atoms with Gasteiger partial charge in [0.25, 0.3) is 0 Å². The smallest absolute Gasteiger partial charge is 0.0451 e. The van der Waals surface area contributed by atoms with Gasteiger partial charge in [0, 0.05) is 15.7 Å². The summed E-state index contributed by atoms with van der Waals surface area (Å²) in [5.74, 6) is 0. The van der Waals surface area contributed by atoms with Gasteiger partial charge in [0.15, 0.2) is 0 Å². The van der Waals surface area contributed by atoms with Crippen molar-refractivity contribution in [3.05, 3.63) is 32.9 Å². The first-order valence-electron chi connectivity index (χ1n) is 4.64. The Morgan fingerprint density at radius 1 is 1.50 bits per heavy atom. The summed E-state index contributed by atoms with van der Waals surface area (Å²) >= 11 is 2.30. The highest BCUT2D eigenvalue weighted by molar-refractivity contribution is 14.1. The van der Waals surface area contributed by atoms with E-state index in [0.717, 1.165) is 5.56 Å². The van der Waals surface area contributed by atoms with Crippen LogP contribution < -0.4 is 5.73 Å². The van der Waals surface area contributed by atoms with Gasteiger partial charge in [0.05, 0.1) is 0 Å². The van der Waals surface area contributed by atoms with Crippen molar-refractivity contribution in [3.63, 3.8) is 0 Å². The van der Waals surface area contributed by atoms with Gasteiger partial charge < -0.3 is 10.8 Å². The molecular weight excluding hydrogens is 289 g/mol. The lowest BCUT2D eigenvalue weighted by Gasteiger charge is -2.24. The Bertz CT molecular complexity index is 323. The van der Waals surface area contributed by atoms with Gasteiger partial charge in [0.2, 0.25) is 0 Å². The van der Waals surface area contributed by atoms with E-state index in [4.69, 9.17) is 10.8 Å². The molecule has 0 heterocycles. The molecule has 0 amide bonds. The van der Waals surface area contributed by atoms with Crippen molar-refractivity contribution in [3.8, 4) is 0 Å². The lowest BCUT2D eigenvalue weighted by atomic mass is 9.90. The number of hydrogen-bond donors (Lipinski definition) is 2. The molecule has 0 aromatic heterocycles. The van der Waals surface area contributed by atoms with Gasteiger partial charge in [-0.1, -0.05) is 12.1 Å². The lowest BCUT2D eigenvalue weighted by Crippen LogP contribution is -2.34. The summed E-state index contributed by atoms with van der Waals surface area (Å²) in [7, 11) is 0. The van der Waals surface area contributed by atoms with Crippen LogP contribution in [0.4, 0.5) is 0 Å². The zero-order valence-electron chi connectivity index (χ0n) is 8.55. The van der Waals surface area contributed by atoms with Crippen molar-refractivity contribution in [2.24, 2.45) is 5.73 Å². The van der Waals surface area contributed by atoms with Gasteiger partial charge in [-0.05, 0) is 60.1 Å². The van der Waals surface area contributed by atoms with Crippen LogP contribution in [0, 0.1) is 10.5 Å². The Labute approximate surface area is 98.7 Å². The maximum Gasteiger partial charge on any atom is 0.0451 e. The van der Waals surface area contributed by atoms with Crippen LogP contribution in [0.5, 0.6) is 0 Å². The third-order valence-electron chi connectivity index (χ3n) is 2.46. The summed E-state index contributed by atoms with van der Waals surface area (Å²) in [5.41, 5.74) is 8.02. The summed E-state index contributed by atoms with van der Waals surface area (Å²) in [4.78, 5) is 0. The van der Waals surface area contributed by atoms with Crippen LogP contribution in [0.1, 0.15) is 24.5 Å². The maximum absolute atomic E-state index is 8.91. The van der Waals surface area contributed by atoms with Crippen molar-refractivity contribution in [2.75, 3.05) is 6.61 Å². The van der Waals surface area contributed by atoms with E-state index < -0.39 is 5.54 Å². The number of benzene rings is 1. The molecule has 1 unspecified atom stereocenters. The number of aliphatic hydroxyl groups excluding tert-OH is 1. The van der Waals surface area contributed by atoms with E-state index in [-0.39, 0.29) is 6.61 Å². The molecule has 0 fully saturated rings. The van der Waals surface area contributed by atoms with Crippen LogP contribution in [-0.4, -0.2) is 11.7 Å². The first-order valence-corrected chi connectivity index (χ1v) is 5.71. The largest absolute Gasteiger partial charge is 0.396 e. The van der Waals surface area contributed by atoms with Crippen LogP contribution in [0.15, 0.2) is 18.2 Å². The molecule has 1 aromatic carbocycles. The highest BCUT2D eigenvalue weighted by atomic mass is 127. The molecule has 0 saturated carbocycles. The van der Waals surface area contributed by atoms with Crippen LogP contribution in [-0.2, 0) is 5.54 Å². The van der Waals surface area contributed by atoms with Gasteiger partial charge in [0.1, 0.15) is 0 Å². The van der Waals surface area contributed by atoms with Crippen LogP contribution >= 0.6 is 22.6 Å². The Morgan fingerprint density at radius 2 is 2.14 bits per heavy atom. The van der Waals surface area contributed by atoms with Gasteiger partial charge >= 0.3 is 0 Å². The average molecular weight is 305 g/mol. The minimum absolute atomic E-state index is 0.122. The molecule has 0 bridgehead atoms. The molecule has 14 heavy (non-hydrogen) atoms. The molecule has 3 N–H and O–H groups in total. The van der Waals surface area contributed by atoms with Crippen LogP contribution in [0.25, 0.3) is 0 Å². The number of hydrogen-bond acceptors (Lipinski definition) is 2. The second kappa shape index (κ2) is 4.59. The number of aliphatic hydroxyl groups is 1. The molecule has 0 saturated heterocycles. The zero-order valence-corrected chi connectivity index (χ0v) is 10.7. The van der Waals surface area contributed by atoms with E-state index >= 15 is 0 Å². The van der Waals surface area contributed by atoms with Gasteiger partial charge in [-0.25, -0.2) is 0 Å². The number of rotatable bonds is 3. The summed E-state index contributed by atoms with van der Waals surface area (Å²) in [6.45, 7) is 4.15. The average Bonchev–Trinajstić information content (AvgIpc) is 2.09. The van der Waals surface area contributed by atoms with E-state index in [0.29, 0.717) is 6.42 Å². The van der Waals surface area contributed by atoms with Crippen LogP contribution in [0.3, 0.4) is 0 Å². The van der Waals surface area contributed by atoms with E-state index in [1.165, 1.54) is 9.13 Å². The Morgan fingerprint density at radius 3 is 2.64 bits per heavy atom. The summed E-state index contributed by atoms with van der Waals surface area (Å²) in [6.07, 6.45) is 0.589. The van der Waals surface area contributed by atoms with Crippen molar-refractivity contribution in [1.29, 1.82) is 0 Å². The van der Waals surface area contributed by atoms with Crippen molar-refractivity contribution in [2.45, 2.75) is 25.8 Å². The summed E-state index contributed by atoms with van der Waals surface area (Å²) < 4.78 is 1.22. The fourth-order valence-corrected chi connectivity index (χ4v) is 1.84. The standard InChI is InChI=1S/C11H16INO/c1-8-3-4-9(7-10(8)12)11(2,13)5-6-14/h3-4,7,14H,5-6,13H2,1-2H3. The predicted octanol–water partition coefficient (Wildman–Crippen LogP) is 2.16. The van der Waals surface area contributed by atoms with Crippen molar-refractivity contribution >= 4 is 22.6 Å². The Kier molecular flexibility index (Phi) is 3.92. The first-order chi connectivity index (χ1) is 6.47. The second-order valence-corrected chi connectivity index (χ2v) is 5.02. The second-order valence-electron chi connectivity index (χ2n) is 3.86. The molecule has 1 aromatic rings. The van der Waals surface area contributed by atoms with E-state index in [2.05, 4.69) is 41.6 Å². The molecule has 1 atom stereocenters. The molecule has 0 spiro atoms. The minimum Gasteiger partial charge on any atom is -0.396 e. The molecule has 0 aliphatic heterocycles. The third kappa shape index (κ3) is 2.68. The molecule has 3 heteroatoms. The molecule has 0 aliphatic carbocycles. The fraction of sp³-hybridized carbons (Fsp3) is 0.455. The summed E-state index contributed by atoms with van der Waals surface area (Å²) in [5, 5.41) is 8.91. The fourth-order valence-electron chi connectivity index (χ4n) is 1.32. The van der Waals surface area contributed by atoms with Gasteiger partial charge in [-0.15, -0.1) is 0 Å². The summed E-state index contributed by atoms with van der Waals surface area (Å²) in [6, 6.07) is 6.19. The number of halogens is 1. The van der Waals surface area contributed by atoms with E-state index in [9.17, 15) is 0 Å². The molecular formula is C11H16INO. The van der Waals surface area contributed by atoms with Crippen LogP contribution in [0.2, 0.25) is 0 Å². The topological polar surface area (TPSA) is 46.2 Å². The lowest BCUT2D eigenvalue weighted by molar-refractivity contribution is 0.247. The highest BCUT2D eigenvalue weighted by Gasteiger charge is 2.20. The number of aryl methyl sites for hydroxylation is 1. The van der Waals surface area contributed by atoms with Crippen molar-refractivity contribution < 1.29 is 5.11 Å². The minimum atomic E-state index is -0.428. The SMILES string of the molecule is Cc1ccc(C(C)(N)CCO)cc1I. The van der Waals surface area contributed by atoms with Crippen molar-refractivity contribution in [1.82, 2.24) is 0 Å². The molecule has 2 nitrogen and oxygen atoms in total. The third-order valence-corrected chi connectivity index (χ3v) is 3.62. The molecule has 0 radical (unpaired) electrons. The van der Waals surface area contributed by atoms with E-state index in [1.807, 2.05) is 13.0 Å². The monoisotopic (exact) mass is 305 g/mol. The Hall–Kier alpha value is -0.130. The van der Waals surface area contributed by atoms with Gasteiger partial charge in [-0.2, -0.15) is 0 Å². The number of nitrogens with two attached hydrogens (primary N) is 1. The Balaban J connectivity index is 3.01. The first kappa shape index (κ1) is 11.9. The maximum atomic E-state index is 8.91. The quantitative estimate of drug-likeness (QED) is 0.841. The zero-order chi connectivity index (χ0) is 10.8. The van der Waals surface area contributed by atoms with E-state index in [1.54, 1.807) is 0 Å². The predicted molar refractivity (Wildman–Crippen MR) is 67.1 cm³/mol. The highest BCUT2D eigenvalue weighted by Crippen LogP contribution is 2.24. The molecule has 78 valence electrons. The normalized spacial score (nSPS) is 15.2.